The summed E-state index contributed by atoms with van der Waals surface area (Å²) in [6, 6.07) is 0. The van der Waals surface area contributed by atoms with Crippen LogP contribution in [0.2, 0.25) is 0 Å². The van der Waals surface area contributed by atoms with Gasteiger partial charge < -0.3 is 9.47 Å². The number of hydrogen-bond donors (Lipinski definition) is 0. The molecular formula is C6H7BrO4. The zero-order valence-electron chi connectivity index (χ0n) is 5.87. The van der Waals surface area contributed by atoms with Crippen LogP contribution in [0, 0.1) is 0 Å². The third-order valence-corrected chi connectivity index (χ3v) is 1.21. The van der Waals surface area contributed by atoms with Gasteiger partial charge in [-0.3, -0.25) is 4.79 Å². The Morgan fingerprint density at radius 2 is 2.18 bits per heavy atom. The minimum Gasteiger partial charge on any atom is -0.439 e. The number of hydrogen-bond acceptors (Lipinski definition) is 4. The van der Waals surface area contributed by atoms with Crippen LogP contribution >= 0.6 is 15.9 Å². The van der Waals surface area contributed by atoms with Crippen LogP contribution in [-0.2, 0) is 19.1 Å². The molecule has 0 aromatic heterocycles. The Balaban J connectivity index is 3.81. The number of ether oxygens (including phenoxy) is 2. The Kier molecular flexibility index (Phi) is 4.52. The number of esters is 2. The van der Waals surface area contributed by atoms with Gasteiger partial charge >= 0.3 is 11.9 Å². The van der Waals surface area contributed by atoms with Crippen LogP contribution in [-0.4, -0.2) is 17.0 Å². The van der Waals surface area contributed by atoms with Gasteiger partial charge in [0.15, 0.2) is 0 Å². The maximum absolute atomic E-state index is 10.7. The summed E-state index contributed by atoms with van der Waals surface area (Å²) in [5, 5.41) is -1.06. The van der Waals surface area contributed by atoms with E-state index in [-0.39, 0.29) is 0 Å². The second-order valence-electron chi connectivity index (χ2n) is 1.53. The molecular weight excluding hydrogens is 216 g/mol. The third kappa shape index (κ3) is 4.55. The van der Waals surface area contributed by atoms with Gasteiger partial charge in [-0.1, -0.05) is 6.58 Å². The van der Waals surface area contributed by atoms with E-state index in [2.05, 4.69) is 32.0 Å². The first kappa shape index (κ1) is 10.2. The van der Waals surface area contributed by atoms with Crippen LogP contribution in [0.25, 0.3) is 0 Å². The maximum atomic E-state index is 10.7. The number of halogens is 1. The summed E-state index contributed by atoms with van der Waals surface area (Å²) >= 11 is 2.78. The molecule has 0 radical (unpaired) electrons. The monoisotopic (exact) mass is 222 g/mol. The number of carbonyl (C=O) groups excluding carboxylic acids is 2. The van der Waals surface area contributed by atoms with Gasteiger partial charge in [0.1, 0.15) is 0 Å². The van der Waals surface area contributed by atoms with Crippen LogP contribution in [0.4, 0.5) is 0 Å². The van der Waals surface area contributed by atoms with Gasteiger partial charge in [-0.2, -0.15) is 0 Å². The molecule has 0 fully saturated rings. The minimum atomic E-state index is -1.06. The second kappa shape index (κ2) is 4.90. The summed E-state index contributed by atoms with van der Waals surface area (Å²) < 4.78 is 8.73. The Hall–Kier alpha value is -0.840. The first-order valence-electron chi connectivity index (χ1n) is 2.70. The average Bonchev–Trinajstić information content (AvgIpc) is 1.86. The summed E-state index contributed by atoms with van der Waals surface area (Å²) in [5.74, 6) is -1.27. The number of alkyl halides is 1. The van der Waals surface area contributed by atoms with E-state index < -0.39 is 17.0 Å². The highest BCUT2D eigenvalue weighted by Gasteiger charge is 2.17. The Labute approximate surface area is 72.3 Å². The molecule has 11 heavy (non-hydrogen) atoms. The van der Waals surface area contributed by atoms with Crippen molar-refractivity contribution in [2.45, 2.75) is 11.9 Å². The molecule has 0 rings (SSSR count). The first-order valence-corrected chi connectivity index (χ1v) is 3.62. The molecule has 62 valence electrons. The van der Waals surface area contributed by atoms with E-state index in [1.807, 2.05) is 0 Å². The molecule has 0 aromatic rings. The molecule has 0 bridgehead atoms. The minimum absolute atomic E-state index is 0.562. The summed E-state index contributed by atoms with van der Waals surface area (Å²) in [5.41, 5.74) is 0. The van der Waals surface area contributed by atoms with E-state index in [4.69, 9.17) is 0 Å². The molecule has 0 aliphatic rings. The quantitative estimate of drug-likeness (QED) is 0.406. The molecule has 0 saturated heterocycles. The first-order chi connectivity index (χ1) is 5.07. The predicted octanol–water partition coefficient (Wildman–Crippen LogP) is 0.957. The van der Waals surface area contributed by atoms with Crippen LogP contribution in [0.5, 0.6) is 0 Å². The molecule has 5 heteroatoms. The highest BCUT2D eigenvalue weighted by atomic mass is 79.9. The van der Waals surface area contributed by atoms with E-state index in [1.165, 1.54) is 6.92 Å². The average molecular weight is 223 g/mol. The highest BCUT2D eigenvalue weighted by Crippen LogP contribution is 2.04. The Morgan fingerprint density at radius 3 is 2.55 bits per heavy atom. The molecule has 0 aromatic carbocycles. The summed E-state index contributed by atoms with van der Waals surface area (Å²) in [7, 11) is 0. The smallest absolute Gasteiger partial charge is 0.363 e. The lowest BCUT2D eigenvalue weighted by Gasteiger charge is -2.06. The molecule has 0 amide bonds. The maximum Gasteiger partial charge on any atom is 0.363 e. The highest BCUT2D eigenvalue weighted by molar-refractivity contribution is 9.09. The Bertz CT molecular complexity index is 177. The molecule has 0 aliphatic carbocycles. The van der Waals surface area contributed by atoms with Gasteiger partial charge in [-0.05, 0) is 15.9 Å². The predicted molar refractivity (Wildman–Crippen MR) is 40.8 cm³/mol. The van der Waals surface area contributed by atoms with Gasteiger partial charge in [0.2, 0.25) is 0 Å². The van der Waals surface area contributed by atoms with Crippen molar-refractivity contribution in [1.82, 2.24) is 0 Å². The lowest BCUT2D eigenvalue weighted by atomic mass is 10.7. The number of carbonyl (C=O) groups is 2. The molecule has 0 saturated carbocycles. The molecule has 1 atom stereocenters. The van der Waals surface area contributed by atoms with Crippen LogP contribution in [0.3, 0.4) is 0 Å². The zero-order valence-corrected chi connectivity index (χ0v) is 7.46. The van der Waals surface area contributed by atoms with E-state index in [0.29, 0.717) is 0 Å². The van der Waals surface area contributed by atoms with Crippen LogP contribution in [0.15, 0.2) is 12.8 Å². The fraction of sp³-hybridized carbons (Fsp3) is 0.333. The number of rotatable bonds is 3. The van der Waals surface area contributed by atoms with Crippen LogP contribution < -0.4 is 0 Å². The van der Waals surface area contributed by atoms with Crippen molar-refractivity contribution < 1.29 is 19.1 Å². The fourth-order valence-corrected chi connectivity index (χ4v) is 0.701. The molecule has 1 unspecified atom stereocenters. The van der Waals surface area contributed by atoms with Crippen molar-refractivity contribution in [3.05, 3.63) is 12.8 Å². The van der Waals surface area contributed by atoms with Gasteiger partial charge in [0.05, 0.1) is 6.26 Å². The van der Waals surface area contributed by atoms with Crippen LogP contribution in [0.1, 0.15) is 6.92 Å². The molecule has 0 heterocycles. The lowest BCUT2D eigenvalue weighted by molar-refractivity contribution is -0.156. The topological polar surface area (TPSA) is 52.6 Å². The summed E-state index contributed by atoms with van der Waals surface area (Å²) in [4.78, 5) is 20.9. The van der Waals surface area contributed by atoms with Gasteiger partial charge in [-0.25, -0.2) is 4.79 Å². The van der Waals surface area contributed by atoms with Crippen molar-refractivity contribution >= 4 is 27.9 Å². The van der Waals surface area contributed by atoms with Gasteiger partial charge in [-0.15, -0.1) is 0 Å². The van der Waals surface area contributed by atoms with E-state index in [1.54, 1.807) is 0 Å². The third-order valence-electron chi connectivity index (χ3n) is 0.654. The molecule has 4 nitrogen and oxygen atoms in total. The largest absolute Gasteiger partial charge is 0.439 e. The van der Waals surface area contributed by atoms with Crippen molar-refractivity contribution in [2.24, 2.45) is 0 Å². The SMILES string of the molecule is C=COC(=O)C(Br)OC(C)=O. The van der Waals surface area contributed by atoms with Crippen molar-refractivity contribution in [1.29, 1.82) is 0 Å². The van der Waals surface area contributed by atoms with E-state index in [0.717, 1.165) is 6.26 Å². The second-order valence-corrected chi connectivity index (χ2v) is 2.36. The van der Waals surface area contributed by atoms with Crippen molar-refractivity contribution in [2.75, 3.05) is 0 Å². The molecule has 0 spiro atoms. The van der Waals surface area contributed by atoms with E-state index >= 15 is 0 Å². The molecule has 0 N–H and O–H groups in total. The summed E-state index contributed by atoms with van der Waals surface area (Å²) in [6.45, 7) is 4.35. The summed E-state index contributed by atoms with van der Waals surface area (Å²) in [6.07, 6.45) is 0.958. The van der Waals surface area contributed by atoms with Gasteiger partial charge in [0.25, 0.3) is 5.01 Å². The zero-order chi connectivity index (χ0) is 8.85. The standard InChI is InChI=1S/C6H7BrO4/c1-3-10-6(9)5(7)11-4(2)8/h3,5H,1H2,2H3. The fourth-order valence-electron chi connectivity index (χ4n) is 0.329. The van der Waals surface area contributed by atoms with Crippen molar-refractivity contribution in [3.63, 3.8) is 0 Å². The van der Waals surface area contributed by atoms with Gasteiger partial charge in [0, 0.05) is 6.92 Å². The Morgan fingerprint density at radius 1 is 1.64 bits per heavy atom. The molecule has 0 aliphatic heterocycles. The van der Waals surface area contributed by atoms with Crippen molar-refractivity contribution in [3.8, 4) is 0 Å². The van der Waals surface area contributed by atoms with E-state index in [9.17, 15) is 9.59 Å². The lowest BCUT2D eigenvalue weighted by Crippen LogP contribution is -2.20. The normalized spacial score (nSPS) is 11.5.